The molecule has 8 heteroatoms. The lowest BCUT2D eigenvalue weighted by molar-refractivity contribution is 0.626. The highest BCUT2D eigenvalue weighted by Gasteiger charge is 2.20. The zero-order valence-electron chi connectivity index (χ0n) is 12.2. The molecule has 0 saturated carbocycles. The zero-order valence-corrected chi connectivity index (χ0v) is 13.0. The Morgan fingerprint density at radius 1 is 1.26 bits per heavy atom. The van der Waals surface area contributed by atoms with Gasteiger partial charge in [0.05, 0.1) is 5.69 Å². The smallest absolute Gasteiger partial charge is 0.165 e. The second-order valence-corrected chi connectivity index (χ2v) is 6.35. The van der Waals surface area contributed by atoms with Gasteiger partial charge in [0.2, 0.25) is 0 Å². The highest BCUT2D eigenvalue weighted by molar-refractivity contribution is 8.03. The van der Waals surface area contributed by atoms with Gasteiger partial charge in [-0.15, -0.1) is 0 Å². The third-order valence-corrected chi connectivity index (χ3v) is 4.71. The molecule has 6 nitrogen and oxygen atoms in total. The van der Waals surface area contributed by atoms with Crippen molar-refractivity contribution < 1.29 is 4.39 Å². The van der Waals surface area contributed by atoms with E-state index in [0.29, 0.717) is 23.7 Å². The van der Waals surface area contributed by atoms with Gasteiger partial charge < -0.3 is 22.2 Å². The van der Waals surface area contributed by atoms with Crippen molar-refractivity contribution in [2.45, 2.75) is 11.8 Å². The van der Waals surface area contributed by atoms with Gasteiger partial charge in [0.15, 0.2) is 5.82 Å². The second-order valence-electron chi connectivity index (χ2n) is 5.12. The van der Waals surface area contributed by atoms with Gasteiger partial charge in [-0.2, -0.15) is 0 Å². The first-order valence-corrected chi connectivity index (χ1v) is 7.83. The number of allylic oxidation sites excluding steroid dienone is 1. The monoisotopic (exact) mass is 332 g/mol. The molecule has 1 aliphatic rings. The highest BCUT2D eigenvalue weighted by Crippen LogP contribution is 2.39. The van der Waals surface area contributed by atoms with E-state index >= 15 is 0 Å². The van der Waals surface area contributed by atoms with Crippen molar-refractivity contribution in [3.05, 3.63) is 58.4 Å². The minimum atomic E-state index is -0.244. The van der Waals surface area contributed by atoms with E-state index in [1.807, 2.05) is 6.20 Å². The minimum absolute atomic E-state index is 0.0538. The number of aromatic nitrogens is 1. The Hall–Kier alpha value is -2.45. The Balaban J connectivity index is 1.73. The van der Waals surface area contributed by atoms with Crippen LogP contribution >= 0.6 is 11.8 Å². The quantitative estimate of drug-likeness (QED) is 0.430. The van der Waals surface area contributed by atoms with Crippen LogP contribution in [0.4, 0.5) is 21.7 Å². The summed E-state index contributed by atoms with van der Waals surface area (Å²) in [7, 11) is 0. The lowest BCUT2D eigenvalue weighted by atomic mass is 10.1. The summed E-state index contributed by atoms with van der Waals surface area (Å²) < 4.78 is 13.0. The van der Waals surface area contributed by atoms with E-state index in [2.05, 4.69) is 15.7 Å². The predicted octanol–water partition coefficient (Wildman–Crippen LogP) is 2.09. The molecule has 2 heterocycles. The topological polar surface area (TPSA) is 115 Å². The first-order valence-electron chi connectivity index (χ1n) is 6.95. The molecule has 1 aromatic carbocycles. The first-order chi connectivity index (χ1) is 11.1. The molecule has 0 amide bonds. The third kappa shape index (κ3) is 3.33. The van der Waals surface area contributed by atoms with E-state index in [-0.39, 0.29) is 11.2 Å². The fourth-order valence-corrected chi connectivity index (χ4v) is 3.46. The van der Waals surface area contributed by atoms with Gasteiger partial charge in [0, 0.05) is 17.5 Å². The molecule has 0 saturated heterocycles. The maximum Gasteiger partial charge on any atom is 0.165 e. The van der Waals surface area contributed by atoms with Crippen molar-refractivity contribution in [2.24, 2.45) is 5.84 Å². The molecule has 120 valence electrons. The van der Waals surface area contributed by atoms with Crippen LogP contribution in [0.1, 0.15) is 16.5 Å². The number of nitrogens with two attached hydrogens (primary N) is 3. The SMILES string of the molecule is NNc1nc(N)cc(CC2=CNC(c3ccc(F)cc3)S2)c1N. The van der Waals surface area contributed by atoms with Gasteiger partial charge >= 0.3 is 0 Å². The van der Waals surface area contributed by atoms with Crippen molar-refractivity contribution in [1.82, 2.24) is 10.3 Å². The third-order valence-electron chi connectivity index (χ3n) is 3.50. The number of benzene rings is 1. The molecule has 3 rings (SSSR count). The van der Waals surface area contributed by atoms with Gasteiger partial charge in [-0.1, -0.05) is 23.9 Å². The number of hydrogen-bond donors (Lipinski definition) is 5. The number of nitrogen functional groups attached to an aromatic ring is 3. The molecule has 2 aromatic rings. The molecular formula is C15H17FN6S. The van der Waals surface area contributed by atoms with Crippen LogP contribution in [0.25, 0.3) is 0 Å². The van der Waals surface area contributed by atoms with E-state index in [0.717, 1.165) is 16.0 Å². The summed E-state index contributed by atoms with van der Waals surface area (Å²) >= 11 is 1.65. The van der Waals surface area contributed by atoms with Crippen molar-refractivity contribution in [1.29, 1.82) is 0 Å². The summed E-state index contributed by atoms with van der Waals surface area (Å²) in [6, 6.07) is 8.19. The average Bonchev–Trinajstić information content (AvgIpc) is 2.99. The van der Waals surface area contributed by atoms with Crippen LogP contribution in [0.3, 0.4) is 0 Å². The summed E-state index contributed by atoms with van der Waals surface area (Å²) in [6.07, 6.45) is 2.55. The Labute approximate surface area is 137 Å². The molecule has 8 N–H and O–H groups in total. The number of halogens is 1. The summed E-state index contributed by atoms with van der Waals surface area (Å²) in [5, 5.41) is 3.33. The van der Waals surface area contributed by atoms with Crippen LogP contribution in [0, 0.1) is 5.82 Å². The van der Waals surface area contributed by atoms with Crippen LogP contribution in [0.5, 0.6) is 0 Å². The van der Waals surface area contributed by atoms with Crippen LogP contribution in [0.2, 0.25) is 0 Å². The van der Waals surface area contributed by atoms with Crippen LogP contribution < -0.4 is 28.1 Å². The second kappa shape index (κ2) is 6.35. The summed E-state index contributed by atoms with van der Waals surface area (Å²) in [6.45, 7) is 0. The van der Waals surface area contributed by atoms with Crippen molar-refractivity contribution >= 4 is 29.1 Å². The molecule has 1 unspecified atom stereocenters. The van der Waals surface area contributed by atoms with Gasteiger partial charge in [-0.25, -0.2) is 15.2 Å². The summed E-state index contributed by atoms with van der Waals surface area (Å²) in [4.78, 5) is 5.13. The van der Waals surface area contributed by atoms with E-state index < -0.39 is 0 Å². The standard InChI is InChI=1S/C15H17FN6S/c16-10-3-1-8(2-4-10)15-20-7-11(23-15)5-9-6-12(17)21-14(22-19)13(9)18/h1-4,6-7,15,20H,5,18-19H2,(H3,17,21,22). The molecule has 0 aliphatic carbocycles. The number of nitrogens with one attached hydrogen (secondary N) is 2. The summed E-state index contributed by atoms with van der Waals surface area (Å²) in [5.74, 6) is 5.87. The van der Waals surface area contributed by atoms with Crippen molar-refractivity contribution in [3.8, 4) is 0 Å². The summed E-state index contributed by atoms with van der Waals surface area (Å²) in [5.41, 5.74) is 16.6. The molecule has 1 aliphatic heterocycles. The zero-order chi connectivity index (χ0) is 16.4. The van der Waals surface area contributed by atoms with E-state index in [1.165, 1.54) is 12.1 Å². The number of rotatable bonds is 4. The van der Waals surface area contributed by atoms with Gasteiger partial charge in [-0.05, 0) is 29.3 Å². The lowest BCUT2D eigenvalue weighted by Gasteiger charge is -2.13. The molecule has 0 fully saturated rings. The fourth-order valence-electron chi connectivity index (χ4n) is 2.36. The van der Waals surface area contributed by atoms with Crippen molar-refractivity contribution in [3.63, 3.8) is 0 Å². The molecule has 0 radical (unpaired) electrons. The van der Waals surface area contributed by atoms with Gasteiger partial charge in [0.1, 0.15) is 17.0 Å². The minimum Gasteiger partial charge on any atom is -0.395 e. The molecule has 23 heavy (non-hydrogen) atoms. The maximum absolute atomic E-state index is 13.0. The molecule has 1 atom stereocenters. The number of pyridine rings is 1. The predicted molar refractivity (Wildman–Crippen MR) is 92.5 cm³/mol. The number of hydrazine groups is 1. The number of hydrogen-bond acceptors (Lipinski definition) is 7. The van der Waals surface area contributed by atoms with Gasteiger partial charge in [-0.3, -0.25) is 0 Å². The number of anilines is 3. The van der Waals surface area contributed by atoms with Gasteiger partial charge in [0.25, 0.3) is 0 Å². The molecule has 1 aromatic heterocycles. The molecular weight excluding hydrogens is 315 g/mol. The van der Waals surface area contributed by atoms with E-state index in [1.54, 1.807) is 30.0 Å². The van der Waals surface area contributed by atoms with E-state index in [9.17, 15) is 4.39 Å². The number of thioether (sulfide) groups is 1. The maximum atomic E-state index is 13.0. The lowest BCUT2D eigenvalue weighted by Crippen LogP contribution is -2.13. The first kappa shape index (κ1) is 15.4. The van der Waals surface area contributed by atoms with Crippen LogP contribution in [0.15, 0.2) is 41.4 Å². The molecule has 0 bridgehead atoms. The Kier molecular flexibility index (Phi) is 4.26. The fraction of sp³-hybridized carbons (Fsp3) is 0.133. The normalized spacial score (nSPS) is 16.8. The highest BCUT2D eigenvalue weighted by atomic mass is 32.2. The van der Waals surface area contributed by atoms with Crippen LogP contribution in [-0.2, 0) is 6.42 Å². The van der Waals surface area contributed by atoms with Crippen LogP contribution in [-0.4, -0.2) is 4.98 Å². The largest absolute Gasteiger partial charge is 0.395 e. The Morgan fingerprint density at radius 3 is 2.70 bits per heavy atom. The number of nitrogens with zero attached hydrogens (tertiary/aromatic N) is 1. The molecule has 0 spiro atoms. The van der Waals surface area contributed by atoms with Crippen molar-refractivity contribution in [2.75, 3.05) is 16.9 Å². The van der Waals surface area contributed by atoms with E-state index in [4.69, 9.17) is 17.3 Å². The Morgan fingerprint density at radius 2 is 2.00 bits per heavy atom. The Bertz CT molecular complexity index is 746. The average molecular weight is 332 g/mol.